The molecule has 2 rings (SSSR count). The van der Waals surface area contributed by atoms with E-state index in [1.165, 1.54) is 0 Å². The van der Waals surface area contributed by atoms with E-state index < -0.39 is 0 Å². The fourth-order valence-electron chi connectivity index (χ4n) is 2.17. The van der Waals surface area contributed by atoms with Gasteiger partial charge in [0.25, 0.3) is 0 Å². The highest BCUT2D eigenvalue weighted by Crippen LogP contribution is 2.37. The van der Waals surface area contributed by atoms with Gasteiger partial charge in [-0.15, -0.1) is 11.3 Å². The van der Waals surface area contributed by atoms with Crippen molar-refractivity contribution in [3.8, 4) is 5.75 Å². The third-order valence-corrected chi connectivity index (χ3v) is 4.39. The Morgan fingerprint density at radius 1 is 1.33 bits per heavy atom. The lowest BCUT2D eigenvalue weighted by molar-refractivity contribution is 0.407. The third kappa shape index (κ3) is 2.39. The van der Waals surface area contributed by atoms with Crippen LogP contribution in [0.3, 0.4) is 0 Å². The van der Waals surface area contributed by atoms with Crippen LogP contribution in [0.25, 0.3) is 0 Å². The molecule has 1 atom stereocenters. The van der Waals surface area contributed by atoms with Crippen molar-refractivity contribution in [3.05, 3.63) is 50.2 Å². The van der Waals surface area contributed by atoms with Gasteiger partial charge in [-0.1, -0.05) is 17.7 Å². The molecule has 0 saturated carbocycles. The summed E-state index contributed by atoms with van der Waals surface area (Å²) in [5, 5.41) is 2.67. The minimum atomic E-state index is -0.243. The minimum Gasteiger partial charge on any atom is -0.496 e. The zero-order chi connectivity index (χ0) is 13.3. The highest BCUT2D eigenvalue weighted by molar-refractivity contribution is 7.10. The van der Waals surface area contributed by atoms with Crippen molar-refractivity contribution in [3.63, 3.8) is 0 Å². The van der Waals surface area contributed by atoms with Crippen LogP contribution in [0.1, 0.15) is 27.6 Å². The zero-order valence-electron chi connectivity index (χ0n) is 10.7. The van der Waals surface area contributed by atoms with Gasteiger partial charge in [-0.05, 0) is 42.5 Å². The molecular weight excluding hydrogens is 266 g/mol. The first-order valence-corrected chi connectivity index (χ1v) is 6.94. The molecule has 4 heteroatoms. The van der Waals surface area contributed by atoms with Crippen molar-refractivity contribution >= 4 is 22.9 Å². The summed E-state index contributed by atoms with van der Waals surface area (Å²) in [6, 6.07) is 5.74. The first-order chi connectivity index (χ1) is 8.54. The van der Waals surface area contributed by atoms with Crippen LogP contribution in [0.4, 0.5) is 0 Å². The molecule has 1 unspecified atom stereocenters. The van der Waals surface area contributed by atoms with Crippen LogP contribution in [0, 0.1) is 13.8 Å². The minimum absolute atomic E-state index is 0.243. The topological polar surface area (TPSA) is 35.2 Å². The fraction of sp³-hybridized carbons (Fsp3) is 0.286. The molecule has 0 bridgehead atoms. The summed E-state index contributed by atoms with van der Waals surface area (Å²) in [6.07, 6.45) is 0. The number of benzene rings is 1. The number of aryl methyl sites for hydroxylation is 2. The SMILES string of the molecule is COc1cc(C)cc(C)c1C(N)c1sccc1Cl. The number of hydrogen-bond acceptors (Lipinski definition) is 3. The second-order valence-corrected chi connectivity index (χ2v) is 5.66. The van der Waals surface area contributed by atoms with Crippen molar-refractivity contribution in [2.24, 2.45) is 5.73 Å². The zero-order valence-corrected chi connectivity index (χ0v) is 12.2. The molecule has 0 aliphatic heterocycles. The van der Waals surface area contributed by atoms with Crippen molar-refractivity contribution < 1.29 is 4.74 Å². The summed E-state index contributed by atoms with van der Waals surface area (Å²) in [6.45, 7) is 4.09. The first-order valence-electron chi connectivity index (χ1n) is 5.68. The molecule has 18 heavy (non-hydrogen) atoms. The number of methoxy groups -OCH3 is 1. The Morgan fingerprint density at radius 2 is 2.06 bits per heavy atom. The Labute approximate surface area is 116 Å². The third-order valence-electron chi connectivity index (χ3n) is 2.95. The van der Waals surface area contributed by atoms with E-state index in [1.807, 2.05) is 31.4 Å². The molecule has 0 aliphatic carbocycles. The largest absolute Gasteiger partial charge is 0.496 e. The standard InChI is InChI=1S/C14H16ClNOS/c1-8-6-9(2)12(11(7-8)17-3)13(16)14-10(15)4-5-18-14/h4-7,13H,16H2,1-3H3. The monoisotopic (exact) mass is 281 g/mol. The molecule has 2 N–H and O–H groups in total. The summed E-state index contributed by atoms with van der Waals surface area (Å²) in [4.78, 5) is 0.974. The lowest BCUT2D eigenvalue weighted by Gasteiger charge is -2.18. The van der Waals surface area contributed by atoms with Gasteiger partial charge in [0.15, 0.2) is 0 Å². The predicted octanol–water partition coefficient (Wildman–Crippen LogP) is 4.08. The van der Waals surface area contributed by atoms with Crippen molar-refractivity contribution in [1.82, 2.24) is 0 Å². The molecule has 1 heterocycles. The van der Waals surface area contributed by atoms with Crippen LogP contribution in [0.5, 0.6) is 5.75 Å². The average Bonchev–Trinajstić information content (AvgIpc) is 2.73. The maximum atomic E-state index is 6.33. The molecule has 0 fully saturated rings. The van der Waals surface area contributed by atoms with Gasteiger partial charge in [0, 0.05) is 10.4 Å². The Balaban J connectivity index is 2.54. The molecule has 0 radical (unpaired) electrons. The van der Waals surface area contributed by atoms with E-state index >= 15 is 0 Å². The van der Waals surface area contributed by atoms with E-state index in [0.717, 1.165) is 32.3 Å². The quantitative estimate of drug-likeness (QED) is 0.920. The maximum Gasteiger partial charge on any atom is 0.124 e. The number of ether oxygens (including phenoxy) is 1. The fourth-order valence-corrected chi connectivity index (χ4v) is 3.35. The number of hydrogen-bond donors (Lipinski definition) is 1. The van der Waals surface area contributed by atoms with Crippen LogP contribution in [-0.2, 0) is 0 Å². The van der Waals surface area contributed by atoms with E-state index in [-0.39, 0.29) is 6.04 Å². The highest BCUT2D eigenvalue weighted by atomic mass is 35.5. The summed E-state index contributed by atoms with van der Waals surface area (Å²) >= 11 is 7.73. The van der Waals surface area contributed by atoms with Crippen molar-refractivity contribution in [2.45, 2.75) is 19.9 Å². The van der Waals surface area contributed by atoms with Gasteiger partial charge in [-0.3, -0.25) is 0 Å². The molecule has 2 nitrogen and oxygen atoms in total. The van der Waals surface area contributed by atoms with Crippen molar-refractivity contribution in [1.29, 1.82) is 0 Å². The molecule has 2 aromatic rings. The molecule has 0 aliphatic rings. The van der Waals surface area contributed by atoms with Crippen LogP contribution in [-0.4, -0.2) is 7.11 Å². The molecule has 96 valence electrons. The first kappa shape index (κ1) is 13.4. The molecule has 0 spiro atoms. The van der Waals surface area contributed by atoms with Crippen molar-refractivity contribution in [2.75, 3.05) is 7.11 Å². The molecule has 1 aromatic heterocycles. The Bertz CT molecular complexity index is 565. The van der Waals surface area contributed by atoms with Crippen LogP contribution >= 0.6 is 22.9 Å². The van der Waals surface area contributed by atoms with Gasteiger partial charge in [0.2, 0.25) is 0 Å². The van der Waals surface area contributed by atoms with Gasteiger partial charge in [0.05, 0.1) is 18.2 Å². The van der Waals surface area contributed by atoms with Crippen LogP contribution < -0.4 is 10.5 Å². The Hall–Kier alpha value is -1.03. The Kier molecular flexibility index (Phi) is 3.95. The van der Waals surface area contributed by atoms with E-state index in [2.05, 4.69) is 6.07 Å². The van der Waals surface area contributed by atoms with Gasteiger partial charge >= 0.3 is 0 Å². The van der Waals surface area contributed by atoms with Gasteiger partial charge < -0.3 is 10.5 Å². The molecule has 0 amide bonds. The molecule has 0 saturated heterocycles. The second kappa shape index (κ2) is 5.31. The summed E-state index contributed by atoms with van der Waals surface area (Å²) < 4.78 is 5.45. The Morgan fingerprint density at radius 3 is 2.61 bits per heavy atom. The summed E-state index contributed by atoms with van der Waals surface area (Å²) in [5.41, 5.74) is 9.63. The van der Waals surface area contributed by atoms with E-state index in [4.69, 9.17) is 22.1 Å². The number of rotatable bonds is 3. The highest BCUT2D eigenvalue weighted by Gasteiger charge is 2.20. The maximum absolute atomic E-state index is 6.33. The average molecular weight is 282 g/mol. The van der Waals surface area contributed by atoms with Gasteiger partial charge in [-0.25, -0.2) is 0 Å². The second-order valence-electron chi connectivity index (χ2n) is 4.31. The van der Waals surface area contributed by atoms with Crippen LogP contribution in [0.15, 0.2) is 23.6 Å². The lowest BCUT2D eigenvalue weighted by Crippen LogP contribution is -2.14. The van der Waals surface area contributed by atoms with Gasteiger partial charge in [0.1, 0.15) is 5.75 Å². The molecular formula is C14H16ClNOS. The van der Waals surface area contributed by atoms with E-state index in [1.54, 1.807) is 18.4 Å². The van der Waals surface area contributed by atoms with E-state index in [9.17, 15) is 0 Å². The number of nitrogens with two attached hydrogens (primary N) is 1. The number of halogens is 1. The summed E-state index contributed by atoms with van der Waals surface area (Å²) in [7, 11) is 1.67. The van der Waals surface area contributed by atoms with E-state index in [0.29, 0.717) is 0 Å². The smallest absolute Gasteiger partial charge is 0.124 e. The summed E-state index contributed by atoms with van der Waals surface area (Å²) in [5.74, 6) is 0.824. The lowest BCUT2D eigenvalue weighted by atomic mass is 9.97. The normalized spacial score (nSPS) is 12.5. The van der Waals surface area contributed by atoms with Crippen LogP contribution in [0.2, 0.25) is 5.02 Å². The number of thiophene rings is 1. The molecule has 1 aromatic carbocycles. The predicted molar refractivity (Wildman–Crippen MR) is 77.8 cm³/mol. The van der Waals surface area contributed by atoms with Gasteiger partial charge in [-0.2, -0.15) is 0 Å².